The average Bonchev–Trinajstić information content (AvgIpc) is 2.35. The van der Waals surface area contributed by atoms with Crippen molar-refractivity contribution < 1.29 is 9.90 Å². The van der Waals surface area contributed by atoms with E-state index in [0.29, 0.717) is 23.4 Å². The first-order valence-corrected chi connectivity index (χ1v) is 7.09. The van der Waals surface area contributed by atoms with Crippen molar-refractivity contribution in [3.8, 4) is 0 Å². The van der Waals surface area contributed by atoms with Crippen molar-refractivity contribution in [1.82, 2.24) is 0 Å². The number of anilines is 1. The van der Waals surface area contributed by atoms with Gasteiger partial charge in [0.2, 0.25) is 0 Å². The molecule has 2 N–H and O–H groups in total. The smallest absolute Gasteiger partial charge is 0.335 e. The molecule has 2 unspecified atom stereocenters. The van der Waals surface area contributed by atoms with Crippen LogP contribution in [0.4, 0.5) is 5.69 Å². The van der Waals surface area contributed by atoms with E-state index in [4.69, 9.17) is 5.11 Å². The average molecular weight is 261 g/mol. The zero-order valence-corrected chi connectivity index (χ0v) is 11.9. The summed E-state index contributed by atoms with van der Waals surface area (Å²) in [6.45, 7) is 6.58. The number of nitrogens with one attached hydrogen (secondary N) is 1. The number of hydrogen-bond acceptors (Lipinski definition) is 2. The fourth-order valence-electron chi connectivity index (χ4n) is 3.06. The molecule has 19 heavy (non-hydrogen) atoms. The van der Waals surface area contributed by atoms with Crippen LogP contribution in [0.15, 0.2) is 18.2 Å². The van der Waals surface area contributed by atoms with Gasteiger partial charge < -0.3 is 10.4 Å². The molecule has 2 rings (SSSR count). The third-order valence-electron chi connectivity index (χ3n) is 4.35. The van der Waals surface area contributed by atoms with E-state index < -0.39 is 5.97 Å². The Morgan fingerprint density at radius 1 is 1.26 bits per heavy atom. The van der Waals surface area contributed by atoms with Crippen molar-refractivity contribution in [2.75, 3.05) is 5.32 Å². The Hall–Kier alpha value is -1.51. The summed E-state index contributed by atoms with van der Waals surface area (Å²) in [4.78, 5) is 11.1. The van der Waals surface area contributed by atoms with E-state index in [1.807, 2.05) is 13.0 Å². The number of carboxylic acid groups (broad SMARTS) is 1. The number of benzene rings is 1. The largest absolute Gasteiger partial charge is 0.478 e. The van der Waals surface area contributed by atoms with Crippen LogP contribution in [-0.4, -0.2) is 17.1 Å². The zero-order chi connectivity index (χ0) is 14.0. The molecule has 2 atom stereocenters. The molecule has 1 saturated carbocycles. The molecule has 104 valence electrons. The van der Waals surface area contributed by atoms with Crippen molar-refractivity contribution in [1.29, 1.82) is 0 Å². The van der Waals surface area contributed by atoms with E-state index in [0.717, 1.165) is 11.3 Å². The van der Waals surface area contributed by atoms with Crippen LogP contribution in [0.5, 0.6) is 0 Å². The van der Waals surface area contributed by atoms with Gasteiger partial charge in [0.05, 0.1) is 5.56 Å². The molecule has 1 aliphatic carbocycles. The second-order valence-electron chi connectivity index (χ2n) is 5.89. The summed E-state index contributed by atoms with van der Waals surface area (Å²) in [5, 5.41) is 12.7. The number of carbonyl (C=O) groups is 1. The Balaban J connectivity index is 2.21. The van der Waals surface area contributed by atoms with Crippen LogP contribution in [0.2, 0.25) is 0 Å². The van der Waals surface area contributed by atoms with Crippen LogP contribution < -0.4 is 5.32 Å². The molecule has 1 aromatic carbocycles. The van der Waals surface area contributed by atoms with Gasteiger partial charge in [0.15, 0.2) is 0 Å². The number of aryl methyl sites for hydroxylation is 1. The molecule has 0 saturated heterocycles. The molecule has 0 spiro atoms. The van der Waals surface area contributed by atoms with Gasteiger partial charge in [-0.2, -0.15) is 0 Å². The van der Waals surface area contributed by atoms with Crippen molar-refractivity contribution in [3.63, 3.8) is 0 Å². The predicted octanol–water partition coefficient (Wildman–Crippen LogP) is 3.93. The lowest BCUT2D eigenvalue weighted by molar-refractivity contribution is 0.0697. The van der Waals surface area contributed by atoms with Crippen molar-refractivity contribution in [2.24, 2.45) is 11.8 Å². The minimum absolute atomic E-state index is 0.351. The molecule has 0 aliphatic heterocycles. The predicted molar refractivity (Wildman–Crippen MR) is 77.7 cm³/mol. The minimum atomic E-state index is -0.868. The van der Waals surface area contributed by atoms with Gasteiger partial charge in [0.25, 0.3) is 0 Å². The standard InChI is InChI=1S/C16H23NO2/c1-10-7-8-13(16(18)19)9-14(10)17-15-11(2)5-4-6-12(15)3/h7-9,11-12,15,17H,4-6H2,1-3H3,(H,18,19). The minimum Gasteiger partial charge on any atom is -0.478 e. The molecule has 1 aromatic rings. The van der Waals surface area contributed by atoms with E-state index in [2.05, 4.69) is 19.2 Å². The van der Waals surface area contributed by atoms with Gasteiger partial charge in [-0.05, 0) is 49.3 Å². The van der Waals surface area contributed by atoms with Crippen molar-refractivity contribution >= 4 is 11.7 Å². The van der Waals surface area contributed by atoms with Gasteiger partial charge >= 0.3 is 5.97 Å². The molecular formula is C16H23NO2. The van der Waals surface area contributed by atoms with Gasteiger partial charge in [-0.15, -0.1) is 0 Å². The molecule has 3 heteroatoms. The third kappa shape index (κ3) is 3.09. The van der Waals surface area contributed by atoms with Gasteiger partial charge in [-0.3, -0.25) is 0 Å². The summed E-state index contributed by atoms with van der Waals surface area (Å²) in [6.07, 6.45) is 3.80. The lowest BCUT2D eigenvalue weighted by atomic mass is 9.78. The summed E-state index contributed by atoms with van der Waals surface area (Å²) in [6, 6.07) is 5.74. The topological polar surface area (TPSA) is 49.3 Å². The summed E-state index contributed by atoms with van der Waals surface area (Å²) in [5.41, 5.74) is 2.42. The number of hydrogen-bond donors (Lipinski definition) is 2. The van der Waals surface area contributed by atoms with E-state index in [9.17, 15) is 4.79 Å². The Morgan fingerprint density at radius 2 is 1.89 bits per heavy atom. The molecule has 0 heterocycles. The number of aromatic carboxylic acids is 1. The van der Waals surface area contributed by atoms with E-state index >= 15 is 0 Å². The fourth-order valence-corrected chi connectivity index (χ4v) is 3.06. The Kier molecular flexibility index (Phi) is 4.13. The van der Waals surface area contributed by atoms with E-state index in [-0.39, 0.29) is 0 Å². The van der Waals surface area contributed by atoms with E-state index in [1.54, 1.807) is 12.1 Å². The van der Waals surface area contributed by atoms with Crippen molar-refractivity contribution in [2.45, 2.75) is 46.1 Å². The maximum atomic E-state index is 11.1. The molecule has 0 bridgehead atoms. The highest BCUT2D eigenvalue weighted by molar-refractivity contribution is 5.89. The molecule has 3 nitrogen and oxygen atoms in total. The van der Waals surface area contributed by atoms with Crippen LogP contribution in [0, 0.1) is 18.8 Å². The first-order valence-electron chi connectivity index (χ1n) is 7.09. The van der Waals surface area contributed by atoms with Crippen LogP contribution in [0.3, 0.4) is 0 Å². The maximum absolute atomic E-state index is 11.1. The first-order chi connectivity index (χ1) is 8.99. The molecule has 1 fully saturated rings. The van der Waals surface area contributed by atoms with Crippen LogP contribution in [0.1, 0.15) is 49.0 Å². The Labute approximate surface area is 115 Å². The second-order valence-corrected chi connectivity index (χ2v) is 5.89. The molecular weight excluding hydrogens is 238 g/mol. The summed E-state index contributed by atoms with van der Waals surface area (Å²) >= 11 is 0. The van der Waals surface area contributed by atoms with Crippen LogP contribution in [0.25, 0.3) is 0 Å². The summed E-state index contributed by atoms with van der Waals surface area (Å²) in [7, 11) is 0. The van der Waals surface area contributed by atoms with Crippen molar-refractivity contribution in [3.05, 3.63) is 29.3 Å². The highest BCUT2D eigenvalue weighted by Gasteiger charge is 2.27. The maximum Gasteiger partial charge on any atom is 0.335 e. The summed E-state index contributed by atoms with van der Waals surface area (Å²) in [5.74, 6) is 0.404. The zero-order valence-electron chi connectivity index (χ0n) is 11.9. The SMILES string of the molecule is Cc1ccc(C(=O)O)cc1NC1C(C)CCCC1C. The fraction of sp³-hybridized carbons (Fsp3) is 0.562. The lowest BCUT2D eigenvalue weighted by Gasteiger charge is -2.36. The second kappa shape index (κ2) is 5.64. The molecule has 1 aliphatic rings. The molecule has 0 amide bonds. The molecule has 0 aromatic heterocycles. The van der Waals surface area contributed by atoms with Crippen LogP contribution >= 0.6 is 0 Å². The quantitative estimate of drug-likeness (QED) is 0.866. The summed E-state index contributed by atoms with van der Waals surface area (Å²) < 4.78 is 0. The number of carboxylic acids is 1. The van der Waals surface area contributed by atoms with E-state index in [1.165, 1.54) is 19.3 Å². The monoisotopic (exact) mass is 261 g/mol. The Bertz CT molecular complexity index is 460. The van der Waals surface area contributed by atoms with Crippen LogP contribution in [-0.2, 0) is 0 Å². The highest BCUT2D eigenvalue weighted by atomic mass is 16.4. The highest BCUT2D eigenvalue weighted by Crippen LogP contribution is 2.32. The van der Waals surface area contributed by atoms with Gasteiger partial charge in [0, 0.05) is 11.7 Å². The Morgan fingerprint density at radius 3 is 2.47 bits per heavy atom. The number of rotatable bonds is 3. The molecule has 0 radical (unpaired) electrons. The third-order valence-corrected chi connectivity index (χ3v) is 4.35. The lowest BCUT2D eigenvalue weighted by Crippen LogP contribution is -2.37. The van der Waals surface area contributed by atoms with Gasteiger partial charge in [-0.25, -0.2) is 4.79 Å². The van der Waals surface area contributed by atoms with Gasteiger partial charge in [0.1, 0.15) is 0 Å². The first kappa shape index (κ1) is 13.9. The normalized spacial score (nSPS) is 27.0. The van der Waals surface area contributed by atoms with Gasteiger partial charge in [-0.1, -0.05) is 26.3 Å².